The lowest BCUT2D eigenvalue weighted by atomic mass is 9.98. The summed E-state index contributed by atoms with van der Waals surface area (Å²) >= 11 is 0. The van der Waals surface area contributed by atoms with Crippen molar-refractivity contribution in [1.29, 1.82) is 0 Å². The molecule has 202 valence electrons. The van der Waals surface area contributed by atoms with Gasteiger partial charge in [0.05, 0.1) is 17.5 Å². The molecule has 4 heterocycles. The van der Waals surface area contributed by atoms with E-state index in [1.165, 1.54) is 24.0 Å². The van der Waals surface area contributed by atoms with Gasteiger partial charge in [-0.25, -0.2) is 4.98 Å². The minimum absolute atomic E-state index is 0.180. The molecule has 39 heavy (non-hydrogen) atoms. The van der Waals surface area contributed by atoms with Crippen LogP contribution in [-0.4, -0.2) is 53.4 Å². The molecule has 0 saturated carbocycles. The van der Waals surface area contributed by atoms with Crippen molar-refractivity contribution in [2.24, 2.45) is 20.0 Å². The highest BCUT2D eigenvalue weighted by Gasteiger charge is 2.27. The molecule has 3 aromatic heterocycles. The predicted molar refractivity (Wildman–Crippen MR) is 151 cm³/mol. The molecule has 1 aliphatic carbocycles. The monoisotopic (exact) mass is 524 g/mol. The maximum Gasteiger partial charge on any atom is 0.274 e. The van der Waals surface area contributed by atoms with Crippen LogP contribution in [0.5, 0.6) is 0 Å². The number of amides is 1. The normalized spacial score (nSPS) is 19.3. The molecule has 9 heteroatoms. The van der Waals surface area contributed by atoms with Gasteiger partial charge < -0.3 is 9.88 Å². The number of aromatic nitrogens is 6. The molecule has 1 fully saturated rings. The second-order valence-corrected chi connectivity index (χ2v) is 11.3. The van der Waals surface area contributed by atoms with Crippen molar-refractivity contribution in [2.75, 3.05) is 18.4 Å². The Morgan fingerprint density at radius 1 is 1.15 bits per heavy atom. The summed E-state index contributed by atoms with van der Waals surface area (Å²) in [6, 6.07) is 9.87. The first-order valence-electron chi connectivity index (χ1n) is 13.9. The van der Waals surface area contributed by atoms with Crippen molar-refractivity contribution >= 4 is 11.6 Å². The number of nitrogens with one attached hydrogen (secondary N) is 1. The van der Waals surface area contributed by atoms with Crippen molar-refractivity contribution in [2.45, 2.75) is 52.0 Å². The Morgan fingerprint density at radius 3 is 2.82 bits per heavy atom. The highest BCUT2D eigenvalue weighted by molar-refractivity contribution is 6.03. The molecule has 1 N–H and O–H groups in total. The highest BCUT2D eigenvalue weighted by Crippen LogP contribution is 2.35. The minimum Gasteiger partial charge on any atom is -0.321 e. The van der Waals surface area contributed by atoms with Crippen LogP contribution in [0.3, 0.4) is 0 Å². The molecule has 9 nitrogen and oxygen atoms in total. The van der Waals surface area contributed by atoms with Crippen molar-refractivity contribution in [3.63, 3.8) is 0 Å². The number of piperidine rings is 1. The van der Waals surface area contributed by atoms with Crippen LogP contribution in [0.4, 0.5) is 5.69 Å². The lowest BCUT2D eigenvalue weighted by Crippen LogP contribution is -2.34. The minimum atomic E-state index is -0.180. The second kappa shape index (κ2) is 10.4. The maximum absolute atomic E-state index is 13.6. The van der Waals surface area contributed by atoms with Crippen LogP contribution in [0.2, 0.25) is 0 Å². The maximum atomic E-state index is 13.6. The van der Waals surface area contributed by atoms with E-state index in [9.17, 15) is 4.79 Å². The summed E-state index contributed by atoms with van der Waals surface area (Å²) < 4.78 is 3.69. The molecule has 0 radical (unpaired) electrons. The van der Waals surface area contributed by atoms with Gasteiger partial charge >= 0.3 is 0 Å². The molecule has 6 rings (SSSR count). The van der Waals surface area contributed by atoms with Crippen LogP contribution >= 0.6 is 0 Å². The molecule has 2 atom stereocenters. The smallest absolute Gasteiger partial charge is 0.274 e. The van der Waals surface area contributed by atoms with Crippen LogP contribution in [-0.2, 0) is 27.1 Å². The standard InChI is InChI=1S/C30H36N8O/c1-19-7-6-12-38(16-19)17-22-14-26(34-27-20(2)10-11-24(22)27)30(39)33-23-9-5-8-21(13-23)28-25(15-32-37(28)4)29-35-31-18-36(29)3/h5,8-9,13-15,18-20H,6-7,10-12,16-17H2,1-4H3,(H,33,39)/t19-,20?/m0/s1. The van der Waals surface area contributed by atoms with Gasteiger partial charge in [0.2, 0.25) is 0 Å². The zero-order valence-corrected chi connectivity index (χ0v) is 23.2. The number of hydrogen-bond donors (Lipinski definition) is 1. The van der Waals surface area contributed by atoms with Gasteiger partial charge in [0, 0.05) is 44.1 Å². The molecular formula is C30H36N8O. The Morgan fingerprint density at radius 2 is 2.03 bits per heavy atom. The van der Waals surface area contributed by atoms with E-state index in [1.54, 1.807) is 12.5 Å². The fourth-order valence-electron chi connectivity index (χ4n) is 6.18. The molecule has 1 aliphatic heterocycles. The number of carbonyl (C=O) groups excluding carboxylic acids is 1. The van der Waals surface area contributed by atoms with E-state index in [-0.39, 0.29) is 5.91 Å². The van der Waals surface area contributed by atoms with Crippen LogP contribution in [0.25, 0.3) is 22.6 Å². The molecule has 4 aromatic rings. The molecule has 2 aliphatic rings. The lowest BCUT2D eigenvalue weighted by Gasteiger charge is -2.31. The third-order valence-electron chi connectivity index (χ3n) is 8.20. The van der Waals surface area contributed by atoms with Gasteiger partial charge in [0.15, 0.2) is 5.82 Å². The quantitative estimate of drug-likeness (QED) is 0.389. The fraction of sp³-hybridized carbons (Fsp3) is 0.433. The zero-order valence-electron chi connectivity index (χ0n) is 23.2. The van der Waals surface area contributed by atoms with E-state index in [4.69, 9.17) is 4.98 Å². The van der Waals surface area contributed by atoms with Crippen molar-refractivity contribution in [1.82, 2.24) is 34.4 Å². The van der Waals surface area contributed by atoms with Crippen molar-refractivity contribution in [3.8, 4) is 22.6 Å². The molecule has 0 bridgehead atoms. The third-order valence-corrected chi connectivity index (χ3v) is 8.20. The SMILES string of the molecule is CC1CCc2c(CN3CCC[C@H](C)C3)cc(C(=O)Nc3cccc(-c4c(-c5nncn5C)cnn4C)c3)nc21. The lowest BCUT2D eigenvalue weighted by molar-refractivity contribution is 0.102. The summed E-state index contributed by atoms with van der Waals surface area (Å²) in [7, 11) is 3.81. The molecule has 1 aromatic carbocycles. The first-order chi connectivity index (χ1) is 18.9. The van der Waals surface area contributed by atoms with Gasteiger partial charge in [0.1, 0.15) is 12.0 Å². The van der Waals surface area contributed by atoms with Crippen LogP contribution < -0.4 is 5.32 Å². The van der Waals surface area contributed by atoms with E-state index in [0.717, 1.165) is 66.7 Å². The Hall–Kier alpha value is -3.85. The van der Waals surface area contributed by atoms with E-state index in [2.05, 4.69) is 39.4 Å². The van der Waals surface area contributed by atoms with Crippen molar-refractivity contribution < 1.29 is 4.79 Å². The van der Waals surface area contributed by atoms with Crippen LogP contribution in [0, 0.1) is 5.92 Å². The van der Waals surface area contributed by atoms with Gasteiger partial charge in [-0.15, -0.1) is 10.2 Å². The third kappa shape index (κ3) is 4.98. The Kier molecular flexibility index (Phi) is 6.76. The summed E-state index contributed by atoms with van der Waals surface area (Å²) in [4.78, 5) is 21.0. The topological polar surface area (TPSA) is 93.8 Å². The molecule has 1 saturated heterocycles. The number of rotatable bonds is 6. The first-order valence-corrected chi connectivity index (χ1v) is 13.9. The van der Waals surface area contributed by atoms with E-state index in [0.29, 0.717) is 17.3 Å². The number of aryl methyl sites for hydroxylation is 2. The van der Waals surface area contributed by atoms with Gasteiger partial charge in [-0.3, -0.25) is 14.4 Å². The average molecular weight is 525 g/mol. The number of hydrogen-bond acceptors (Lipinski definition) is 6. The summed E-state index contributed by atoms with van der Waals surface area (Å²) in [5.74, 6) is 1.65. The van der Waals surface area contributed by atoms with Gasteiger partial charge in [-0.2, -0.15) is 5.10 Å². The van der Waals surface area contributed by atoms with Crippen molar-refractivity contribution in [3.05, 3.63) is 65.4 Å². The largest absolute Gasteiger partial charge is 0.321 e. The van der Waals surface area contributed by atoms with Gasteiger partial charge in [-0.1, -0.05) is 26.0 Å². The second-order valence-electron chi connectivity index (χ2n) is 11.3. The van der Waals surface area contributed by atoms with E-state index < -0.39 is 0 Å². The fourth-order valence-corrected chi connectivity index (χ4v) is 6.18. The van der Waals surface area contributed by atoms with Gasteiger partial charge in [-0.05, 0) is 73.4 Å². The number of pyridine rings is 1. The number of fused-ring (bicyclic) bond motifs is 1. The number of benzene rings is 1. The van der Waals surface area contributed by atoms with Crippen LogP contribution in [0.1, 0.15) is 66.3 Å². The number of likely N-dealkylation sites (tertiary alicyclic amines) is 1. The van der Waals surface area contributed by atoms with E-state index in [1.807, 2.05) is 53.7 Å². The first kappa shape index (κ1) is 25.4. The molecule has 0 spiro atoms. The van der Waals surface area contributed by atoms with E-state index >= 15 is 0 Å². The zero-order chi connectivity index (χ0) is 27.1. The number of anilines is 1. The van der Waals surface area contributed by atoms with Crippen LogP contribution in [0.15, 0.2) is 42.9 Å². The van der Waals surface area contributed by atoms with Gasteiger partial charge in [0.25, 0.3) is 5.91 Å². The Bertz CT molecular complexity index is 1520. The average Bonchev–Trinajstić information content (AvgIpc) is 3.62. The molecule has 1 unspecified atom stereocenters. The molecule has 1 amide bonds. The Labute approximate surface area is 229 Å². The highest BCUT2D eigenvalue weighted by atomic mass is 16.1. The summed E-state index contributed by atoms with van der Waals surface area (Å²) in [5.41, 5.74) is 7.64. The predicted octanol–water partition coefficient (Wildman–Crippen LogP) is 4.81. The molecular weight excluding hydrogens is 488 g/mol. The number of carbonyl (C=O) groups is 1. The summed E-state index contributed by atoms with van der Waals surface area (Å²) in [6.45, 7) is 7.68. The summed E-state index contributed by atoms with van der Waals surface area (Å²) in [5, 5.41) is 15.9. The Balaban J connectivity index is 1.28. The number of nitrogens with zero attached hydrogens (tertiary/aromatic N) is 7. The summed E-state index contributed by atoms with van der Waals surface area (Å²) in [6.07, 6.45) is 8.15.